The van der Waals surface area contributed by atoms with Crippen LogP contribution in [-0.2, 0) is 12.8 Å². The molecule has 3 heteroatoms. The molecular weight excluding hydrogens is 200 g/mol. The first-order chi connectivity index (χ1) is 7.83. The number of H-pyrrole nitrogens is 1. The minimum Gasteiger partial charge on any atom is -0.396 e. The van der Waals surface area contributed by atoms with Gasteiger partial charge in [0.15, 0.2) is 0 Å². The third-order valence-electron chi connectivity index (χ3n) is 2.83. The lowest BCUT2D eigenvalue weighted by molar-refractivity contribution is 0.284. The molecule has 0 atom stereocenters. The van der Waals surface area contributed by atoms with Crippen molar-refractivity contribution in [3.63, 3.8) is 0 Å². The van der Waals surface area contributed by atoms with Crippen LogP contribution in [0.3, 0.4) is 0 Å². The Kier molecular flexibility index (Phi) is 3.57. The van der Waals surface area contributed by atoms with Gasteiger partial charge in [0.05, 0.1) is 11.0 Å². The Morgan fingerprint density at radius 3 is 2.94 bits per heavy atom. The summed E-state index contributed by atoms with van der Waals surface area (Å²) in [6.07, 6.45) is 3.79. The van der Waals surface area contributed by atoms with E-state index in [1.54, 1.807) is 0 Å². The van der Waals surface area contributed by atoms with Gasteiger partial charge in [0.2, 0.25) is 0 Å². The summed E-state index contributed by atoms with van der Waals surface area (Å²) in [7, 11) is 0. The Morgan fingerprint density at radius 2 is 2.19 bits per heavy atom. The Morgan fingerprint density at radius 1 is 1.31 bits per heavy atom. The quantitative estimate of drug-likeness (QED) is 0.757. The van der Waals surface area contributed by atoms with Crippen LogP contribution < -0.4 is 0 Å². The van der Waals surface area contributed by atoms with E-state index in [-0.39, 0.29) is 6.61 Å². The van der Waals surface area contributed by atoms with E-state index in [1.165, 1.54) is 5.56 Å². The standard InChI is InChI=1S/C13H18N2O/c1-2-10-6-7-11-12(9-10)15-13(14-11)5-3-4-8-16/h6-7,9,16H,2-5,8H2,1H3,(H,14,15). The van der Waals surface area contributed by atoms with Crippen molar-refractivity contribution in [3.8, 4) is 0 Å². The zero-order valence-corrected chi connectivity index (χ0v) is 9.66. The first-order valence-electron chi connectivity index (χ1n) is 5.92. The summed E-state index contributed by atoms with van der Waals surface area (Å²) in [5, 5.41) is 8.72. The van der Waals surface area contributed by atoms with Gasteiger partial charge in [-0.05, 0) is 37.0 Å². The molecule has 16 heavy (non-hydrogen) atoms. The molecule has 0 saturated carbocycles. The van der Waals surface area contributed by atoms with Crippen LogP contribution in [0.1, 0.15) is 31.2 Å². The van der Waals surface area contributed by atoms with E-state index in [0.717, 1.165) is 42.5 Å². The molecule has 0 amide bonds. The number of nitrogens with one attached hydrogen (secondary N) is 1. The first-order valence-corrected chi connectivity index (χ1v) is 5.92. The van der Waals surface area contributed by atoms with Gasteiger partial charge in [0.1, 0.15) is 5.82 Å². The number of aliphatic hydroxyl groups is 1. The summed E-state index contributed by atoms with van der Waals surface area (Å²) >= 11 is 0. The average Bonchev–Trinajstić information content (AvgIpc) is 2.70. The fourth-order valence-electron chi connectivity index (χ4n) is 1.85. The summed E-state index contributed by atoms with van der Waals surface area (Å²) in [5.41, 5.74) is 3.49. The van der Waals surface area contributed by atoms with Crippen LogP contribution in [0, 0.1) is 0 Å². The van der Waals surface area contributed by atoms with E-state index >= 15 is 0 Å². The van der Waals surface area contributed by atoms with Crippen molar-refractivity contribution in [1.29, 1.82) is 0 Å². The minimum atomic E-state index is 0.264. The van der Waals surface area contributed by atoms with Gasteiger partial charge >= 0.3 is 0 Å². The fourth-order valence-corrected chi connectivity index (χ4v) is 1.85. The number of fused-ring (bicyclic) bond motifs is 1. The first kappa shape index (κ1) is 11.1. The normalized spacial score (nSPS) is 11.1. The number of benzene rings is 1. The summed E-state index contributed by atoms with van der Waals surface area (Å²) in [6, 6.07) is 6.36. The second kappa shape index (κ2) is 5.12. The van der Waals surface area contributed by atoms with Gasteiger partial charge in [0.25, 0.3) is 0 Å². The Balaban J connectivity index is 2.16. The van der Waals surface area contributed by atoms with Crippen LogP contribution >= 0.6 is 0 Å². The number of imidazole rings is 1. The summed E-state index contributed by atoms with van der Waals surface area (Å²) in [5.74, 6) is 1.02. The molecule has 0 aliphatic rings. The average molecular weight is 218 g/mol. The van der Waals surface area contributed by atoms with E-state index in [0.29, 0.717) is 0 Å². The number of unbranched alkanes of at least 4 members (excludes halogenated alkanes) is 1. The molecular formula is C13H18N2O. The van der Waals surface area contributed by atoms with E-state index in [2.05, 4.69) is 35.1 Å². The maximum absolute atomic E-state index is 8.72. The van der Waals surface area contributed by atoms with Gasteiger partial charge < -0.3 is 10.1 Å². The summed E-state index contributed by atoms with van der Waals surface area (Å²) in [4.78, 5) is 7.86. The highest BCUT2D eigenvalue weighted by Gasteiger charge is 2.02. The number of nitrogens with zero attached hydrogens (tertiary/aromatic N) is 1. The highest BCUT2D eigenvalue weighted by Crippen LogP contribution is 2.15. The predicted octanol–water partition coefficient (Wildman–Crippen LogP) is 2.44. The molecule has 1 aromatic heterocycles. The second-order valence-electron chi connectivity index (χ2n) is 4.07. The molecule has 0 fully saturated rings. The molecule has 86 valence electrons. The zero-order valence-electron chi connectivity index (χ0n) is 9.66. The SMILES string of the molecule is CCc1ccc2nc(CCCCO)[nH]c2c1. The van der Waals surface area contributed by atoms with Gasteiger partial charge in [0, 0.05) is 13.0 Å². The highest BCUT2D eigenvalue weighted by atomic mass is 16.2. The van der Waals surface area contributed by atoms with Crippen molar-refractivity contribution >= 4 is 11.0 Å². The van der Waals surface area contributed by atoms with Gasteiger partial charge in [-0.3, -0.25) is 0 Å². The van der Waals surface area contributed by atoms with Crippen LogP contribution in [0.2, 0.25) is 0 Å². The molecule has 0 aliphatic carbocycles. The maximum atomic E-state index is 8.72. The molecule has 0 saturated heterocycles. The van der Waals surface area contributed by atoms with Crippen molar-refractivity contribution in [1.82, 2.24) is 9.97 Å². The molecule has 0 radical (unpaired) electrons. The third kappa shape index (κ3) is 2.42. The van der Waals surface area contributed by atoms with Gasteiger partial charge in [-0.15, -0.1) is 0 Å². The van der Waals surface area contributed by atoms with Crippen molar-refractivity contribution in [2.45, 2.75) is 32.6 Å². The molecule has 1 aromatic carbocycles. The van der Waals surface area contributed by atoms with E-state index in [9.17, 15) is 0 Å². The van der Waals surface area contributed by atoms with E-state index in [4.69, 9.17) is 5.11 Å². The second-order valence-corrected chi connectivity index (χ2v) is 4.07. The van der Waals surface area contributed by atoms with E-state index in [1.807, 2.05) is 0 Å². The molecule has 2 aromatic rings. The van der Waals surface area contributed by atoms with Crippen LogP contribution in [0.4, 0.5) is 0 Å². The van der Waals surface area contributed by atoms with Gasteiger partial charge in [-0.25, -0.2) is 4.98 Å². The Bertz CT molecular complexity index is 462. The van der Waals surface area contributed by atoms with Crippen LogP contribution in [0.15, 0.2) is 18.2 Å². The van der Waals surface area contributed by atoms with Crippen LogP contribution in [0.5, 0.6) is 0 Å². The molecule has 0 spiro atoms. The number of hydrogen-bond donors (Lipinski definition) is 2. The van der Waals surface area contributed by atoms with E-state index < -0.39 is 0 Å². The lowest BCUT2D eigenvalue weighted by Crippen LogP contribution is -1.90. The third-order valence-corrected chi connectivity index (χ3v) is 2.83. The number of aryl methyl sites for hydroxylation is 2. The topological polar surface area (TPSA) is 48.9 Å². The number of aliphatic hydroxyl groups excluding tert-OH is 1. The number of aromatic nitrogens is 2. The van der Waals surface area contributed by atoms with Crippen molar-refractivity contribution in [2.24, 2.45) is 0 Å². The lowest BCUT2D eigenvalue weighted by Gasteiger charge is -1.94. The monoisotopic (exact) mass is 218 g/mol. The van der Waals surface area contributed by atoms with Gasteiger partial charge in [-0.1, -0.05) is 13.0 Å². The lowest BCUT2D eigenvalue weighted by atomic mass is 10.1. The van der Waals surface area contributed by atoms with Crippen molar-refractivity contribution < 1.29 is 5.11 Å². The number of aromatic amines is 1. The molecule has 2 rings (SSSR count). The van der Waals surface area contributed by atoms with Gasteiger partial charge in [-0.2, -0.15) is 0 Å². The number of hydrogen-bond acceptors (Lipinski definition) is 2. The summed E-state index contributed by atoms with van der Waals surface area (Å²) < 4.78 is 0. The minimum absolute atomic E-state index is 0.264. The zero-order chi connectivity index (χ0) is 11.4. The van der Waals surface area contributed by atoms with Crippen LogP contribution in [-0.4, -0.2) is 21.7 Å². The molecule has 2 N–H and O–H groups in total. The molecule has 0 unspecified atom stereocenters. The maximum Gasteiger partial charge on any atom is 0.107 e. The highest BCUT2D eigenvalue weighted by molar-refractivity contribution is 5.75. The number of rotatable bonds is 5. The smallest absolute Gasteiger partial charge is 0.107 e. The van der Waals surface area contributed by atoms with Crippen molar-refractivity contribution in [2.75, 3.05) is 6.61 Å². The molecule has 3 nitrogen and oxygen atoms in total. The Labute approximate surface area is 95.5 Å². The predicted molar refractivity (Wildman–Crippen MR) is 65.5 cm³/mol. The molecule has 0 aliphatic heterocycles. The largest absolute Gasteiger partial charge is 0.396 e. The molecule has 0 bridgehead atoms. The summed E-state index contributed by atoms with van der Waals surface area (Å²) in [6.45, 7) is 2.42. The fraction of sp³-hybridized carbons (Fsp3) is 0.462. The Hall–Kier alpha value is -1.35. The van der Waals surface area contributed by atoms with Crippen molar-refractivity contribution in [3.05, 3.63) is 29.6 Å². The molecule has 1 heterocycles. The van der Waals surface area contributed by atoms with Crippen LogP contribution in [0.25, 0.3) is 11.0 Å².